The molecule has 2 N–H and O–H groups in total. The van der Waals surface area contributed by atoms with Crippen LogP contribution in [0, 0.1) is 24.7 Å². The number of carbonyl (C=O) groups is 2. The van der Waals surface area contributed by atoms with Crippen molar-refractivity contribution >= 4 is 11.9 Å². The third-order valence-electron chi connectivity index (χ3n) is 3.12. The van der Waals surface area contributed by atoms with E-state index in [9.17, 15) is 19.8 Å². The van der Waals surface area contributed by atoms with Crippen LogP contribution in [0.2, 0.25) is 0 Å². The first kappa shape index (κ1) is 14.9. The minimum absolute atomic E-state index is 0.0457. The highest BCUT2D eigenvalue weighted by Gasteiger charge is 2.18. The highest BCUT2D eigenvalue weighted by molar-refractivity contribution is 6.02. The summed E-state index contributed by atoms with van der Waals surface area (Å²) in [6, 6.07) is 8.59. The van der Waals surface area contributed by atoms with Gasteiger partial charge >= 0.3 is 11.9 Å². The molecule has 0 aliphatic carbocycles. The van der Waals surface area contributed by atoms with Crippen molar-refractivity contribution in [2.45, 2.75) is 0 Å². The molecular formula is C18H10O4. The van der Waals surface area contributed by atoms with E-state index >= 15 is 0 Å². The third kappa shape index (κ3) is 2.67. The summed E-state index contributed by atoms with van der Waals surface area (Å²) < 4.78 is 0. The molecule has 0 atom stereocenters. The molecule has 2 aromatic rings. The Kier molecular flexibility index (Phi) is 3.97. The van der Waals surface area contributed by atoms with Crippen LogP contribution < -0.4 is 0 Å². The molecule has 0 fully saturated rings. The van der Waals surface area contributed by atoms with E-state index in [-0.39, 0.29) is 22.3 Å². The number of rotatable bonds is 3. The molecule has 0 unspecified atom stereocenters. The predicted octanol–water partition coefficient (Wildman–Crippen LogP) is 2.71. The summed E-state index contributed by atoms with van der Waals surface area (Å²) in [4.78, 5) is 22.8. The topological polar surface area (TPSA) is 74.6 Å². The van der Waals surface area contributed by atoms with Crippen molar-refractivity contribution in [1.29, 1.82) is 0 Å². The molecule has 106 valence electrons. The van der Waals surface area contributed by atoms with Gasteiger partial charge in [-0.1, -0.05) is 11.8 Å². The Hall–Kier alpha value is -3.50. The van der Waals surface area contributed by atoms with Crippen molar-refractivity contribution in [3.63, 3.8) is 0 Å². The van der Waals surface area contributed by atoms with Crippen molar-refractivity contribution in [3.8, 4) is 35.8 Å². The summed E-state index contributed by atoms with van der Waals surface area (Å²) in [5, 5.41) is 18.6. The van der Waals surface area contributed by atoms with Crippen molar-refractivity contribution in [3.05, 3.63) is 58.7 Å². The Bertz CT molecular complexity index is 790. The maximum absolute atomic E-state index is 11.4. The summed E-state index contributed by atoms with van der Waals surface area (Å²) in [5.41, 5.74) is 1.24. The van der Waals surface area contributed by atoms with Gasteiger partial charge in [0.15, 0.2) is 0 Å². The number of hydrogen-bond donors (Lipinski definition) is 2. The van der Waals surface area contributed by atoms with E-state index in [0.717, 1.165) is 0 Å². The molecule has 0 spiro atoms. The zero-order valence-electron chi connectivity index (χ0n) is 11.3. The second-order valence-electron chi connectivity index (χ2n) is 4.42. The molecule has 0 heterocycles. The smallest absolute Gasteiger partial charge is 0.336 e. The summed E-state index contributed by atoms with van der Waals surface area (Å²) in [7, 11) is 0. The van der Waals surface area contributed by atoms with Crippen LogP contribution in [0.3, 0.4) is 0 Å². The zero-order chi connectivity index (χ0) is 16.3. The van der Waals surface area contributed by atoms with Gasteiger partial charge in [-0.25, -0.2) is 9.59 Å². The number of aromatic carboxylic acids is 2. The molecule has 0 bridgehead atoms. The quantitative estimate of drug-likeness (QED) is 0.852. The second-order valence-corrected chi connectivity index (χ2v) is 4.42. The molecule has 0 aliphatic rings. The Morgan fingerprint density at radius 2 is 1.14 bits per heavy atom. The van der Waals surface area contributed by atoms with Crippen molar-refractivity contribution < 1.29 is 19.8 Å². The fourth-order valence-corrected chi connectivity index (χ4v) is 2.09. The maximum Gasteiger partial charge on any atom is 0.336 e. The molecule has 0 saturated heterocycles. The molecule has 4 nitrogen and oxygen atoms in total. The van der Waals surface area contributed by atoms with E-state index in [4.69, 9.17) is 12.8 Å². The molecule has 0 aliphatic heterocycles. The number of terminal acetylenes is 2. The average Bonchev–Trinajstić information content (AvgIpc) is 2.53. The summed E-state index contributed by atoms with van der Waals surface area (Å²) in [6.45, 7) is 0. The number of hydrogen-bond acceptors (Lipinski definition) is 2. The van der Waals surface area contributed by atoms with E-state index in [0.29, 0.717) is 11.1 Å². The second kappa shape index (κ2) is 5.87. The van der Waals surface area contributed by atoms with Crippen LogP contribution >= 0.6 is 0 Å². The van der Waals surface area contributed by atoms with Gasteiger partial charge in [0.05, 0.1) is 11.1 Å². The minimum Gasteiger partial charge on any atom is -0.478 e. The number of carboxylic acid groups (broad SMARTS) is 2. The van der Waals surface area contributed by atoms with Crippen LogP contribution in [0.1, 0.15) is 31.8 Å². The van der Waals surface area contributed by atoms with Gasteiger partial charge in [-0.15, -0.1) is 12.8 Å². The van der Waals surface area contributed by atoms with Crippen LogP contribution in [0.15, 0.2) is 36.4 Å². The van der Waals surface area contributed by atoms with Gasteiger partial charge in [0.25, 0.3) is 0 Å². The van der Waals surface area contributed by atoms with Gasteiger partial charge < -0.3 is 10.2 Å². The standard InChI is InChI=1S/C18H10O4/c1-3-11-5-7-13(17(19)20)15(9-11)16-10-12(4-2)6-8-14(16)18(21)22/h1-2,5-10H,(H,19,20)(H,21,22). The van der Waals surface area contributed by atoms with E-state index in [1.165, 1.54) is 36.4 Å². The SMILES string of the molecule is C#Cc1ccc(C(=O)O)c(-c2cc(C#C)ccc2C(=O)O)c1. The van der Waals surface area contributed by atoms with Crippen LogP contribution in [-0.4, -0.2) is 22.2 Å². The van der Waals surface area contributed by atoms with Crippen molar-refractivity contribution in [1.82, 2.24) is 0 Å². The monoisotopic (exact) mass is 290 g/mol. The molecule has 0 saturated carbocycles. The molecule has 0 radical (unpaired) electrons. The molecule has 2 rings (SSSR count). The maximum atomic E-state index is 11.4. The van der Waals surface area contributed by atoms with E-state index in [2.05, 4.69) is 11.8 Å². The first-order valence-corrected chi connectivity index (χ1v) is 6.16. The number of benzene rings is 2. The molecule has 0 aromatic heterocycles. The lowest BCUT2D eigenvalue weighted by Crippen LogP contribution is -2.05. The highest BCUT2D eigenvalue weighted by atomic mass is 16.4. The normalized spacial score (nSPS) is 9.55. The van der Waals surface area contributed by atoms with Gasteiger partial charge in [-0.3, -0.25) is 0 Å². The summed E-state index contributed by atoms with van der Waals surface area (Å²) in [5.74, 6) is 2.44. The first-order chi connectivity index (χ1) is 10.5. The first-order valence-electron chi connectivity index (χ1n) is 6.16. The van der Waals surface area contributed by atoms with E-state index < -0.39 is 11.9 Å². The average molecular weight is 290 g/mol. The lowest BCUT2D eigenvalue weighted by molar-refractivity contribution is 0.0684. The van der Waals surface area contributed by atoms with Gasteiger partial charge in [0.2, 0.25) is 0 Å². The fraction of sp³-hybridized carbons (Fsp3) is 0. The van der Waals surface area contributed by atoms with E-state index in [1.54, 1.807) is 0 Å². The Morgan fingerprint density at radius 3 is 1.41 bits per heavy atom. The molecule has 0 amide bonds. The van der Waals surface area contributed by atoms with Gasteiger partial charge in [-0.2, -0.15) is 0 Å². The largest absolute Gasteiger partial charge is 0.478 e. The number of carboxylic acids is 2. The molecule has 2 aromatic carbocycles. The fourth-order valence-electron chi connectivity index (χ4n) is 2.09. The van der Waals surface area contributed by atoms with E-state index in [1.807, 2.05) is 0 Å². The Balaban J connectivity index is 2.86. The Labute approximate surface area is 127 Å². The van der Waals surface area contributed by atoms with Crippen LogP contribution in [0.4, 0.5) is 0 Å². The Morgan fingerprint density at radius 1 is 0.773 bits per heavy atom. The molecule has 4 heteroatoms. The predicted molar refractivity (Wildman–Crippen MR) is 81.7 cm³/mol. The van der Waals surface area contributed by atoms with Gasteiger partial charge in [0.1, 0.15) is 0 Å². The molecular weight excluding hydrogens is 280 g/mol. The lowest BCUT2D eigenvalue weighted by Gasteiger charge is -2.11. The van der Waals surface area contributed by atoms with Crippen LogP contribution in [0.5, 0.6) is 0 Å². The summed E-state index contributed by atoms with van der Waals surface area (Å²) >= 11 is 0. The van der Waals surface area contributed by atoms with Crippen LogP contribution in [-0.2, 0) is 0 Å². The summed E-state index contributed by atoms with van der Waals surface area (Å²) in [6.07, 6.45) is 10.7. The van der Waals surface area contributed by atoms with Crippen molar-refractivity contribution in [2.24, 2.45) is 0 Å². The lowest BCUT2D eigenvalue weighted by atomic mass is 9.92. The van der Waals surface area contributed by atoms with Gasteiger partial charge in [-0.05, 0) is 47.5 Å². The molecule has 22 heavy (non-hydrogen) atoms. The minimum atomic E-state index is -1.18. The van der Waals surface area contributed by atoms with Gasteiger partial charge in [0, 0.05) is 11.1 Å². The van der Waals surface area contributed by atoms with Crippen LogP contribution in [0.25, 0.3) is 11.1 Å². The highest BCUT2D eigenvalue weighted by Crippen LogP contribution is 2.29. The van der Waals surface area contributed by atoms with Crippen molar-refractivity contribution in [2.75, 3.05) is 0 Å². The third-order valence-corrected chi connectivity index (χ3v) is 3.12. The zero-order valence-corrected chi connectivity index (χ0v) is 11.3.